The average molecular weight is 353 g/mol. The fourth-order valence-electron chi connectivity index (χ4n) is 1.64. The third-order valence-electron chi connectivity index (χ3n) is 2.46. The molecule has 84 valence electrons. The van der Waals surface area contributed by atoms with E-state index in [2.05, 4.69) is 31.9 Å². The molecule has 0 amide bonds. The Labute approximate surface area is 115 Å². The molecule has 0 aliphatic carbocycles. The van der Waals surface area contributed by atoms with Crippen molar-refractivity contribution in [1.82, 2.24) is 0 Å². The second kappa shape index (κ2) is 4.59. The smallest absolute Gasteiger partial charge is 0.228 e. The minimum atomic E-state index is -1.36. The highest BCUT2D eigenvalue weighted by molar-refractivity contribution is 9.26. The Morgan fingerprint density at radius 1 is 1.12 bits per heavy atom. The van der Waals surface area contributed by atoms with Crippen LogP contribution < -0.4 is 0 Å². The zero-order valence-electron chi connectivity index (χ0n) is 8.65. The van der Waals surface area contributed by atoms with E-state index in [0.717, 1.165) is 10.8 Å². The molecule has 0 aliphatic rings. The molecule has 0 atom stereocenters. The minimum Gasteiger partial charge on any atom is -0.290 e. The second-order valence-electron chi connectivity index (χ2n) is 3.54. The van der Waals surface area contributed by atoms with Gasteiger partial charge < -0.3 is 0 Å². The molecule has 0 fully saturated rings. The number of carbonyl (C=O) groups excluding carboxylic acids is 1. The summed E-state index contributed by atoms with van der Waals surface area (Å²) < 4.78 is -1.36. The lowest BCUT2D eigenvalue weighted by molar-refractivity contribution is 0.0999. The van der Waals surface area contributed by atoms with Crippen molar-refractivity contribution in [2.45, 2.75) is 3.23 Å². The van der Waals surface area contributed by atoms with Crippen LogP contribution >= 0.6 is 31.9 Å². The molecule has 2 aromatic carbocycles. The van der Waals surface area contributed by atoms with Crippen LogP contribution in [0.25, 0.3) is 10.8 Å². The van der Waals surface area contributed by atoms with Crippen molar-refractivity contribution in [3.05, 3.63) is 48.0 Å². The van der Waals surface area contributed by atoms with E-state index in [9.17, 15) is 4.79 Å². The summed E-state index contributed by atoms with van der Waals surface area (Å²) in [6.45, 7) is 0. The number of halogens is 2. The zero-order chi connectivity index (χ0) is 12.5. The molecule has 0 radical (unpaired) electrons. The van der Waals surface area contributed by atoms with E-state index in [4.69, 9.17) is 5.26 Å². The van der Waals surface area contributed by atoms with Crippen LogP contribution in [-0.2, 0) is 0 Å². The highest BCUT2D eigenvalue weighted by Crippen LogP contribution is 2.32. The normalized spacial score (nSPS) is 11.1. The van der Waals surface area contributed by atoms with Crippen molar-refractivity contribution in [2.75, 3.05) is 0 Å². The fourth-order valence-corrected chi connectivity index (χ4v) is 2.07. The highest BCUT2D eigenvalue weighted by Gasteiger charge is 2.33. The summed E-state index contributed by atoms with van der Waals surface area (Å²) in [5.41, 5.74) is 0.526. The number of hydrogen-bond acceptors (Lipinski definition) is 2. The maximum Gasteiger partial charge on any atom is 0.228 e. The van der Waals surface area contributed by atoms with E-state index in [-0.39, 0.29) is 5.78 Å². The molecule has 4 heteroatoms. The van der Waals surface area contributed by atoms with Crippen molar-refractivity contribution >= 4 is 48.4 Å². The Kier molecular flexibility index (Phi) is 3.32. The monoisotopic (exact) mass is 351 g/mol. The Hall–Kier alpha value is -1.18. The van der Waals surface area contributed by atoms with E-state index < -0.39 is 3.23 Å². The van der Waals surface area contributed by atoms with E-state index in [1.807, 2.05) is 42.5 Å². The summed E-state index contributed by atoms with van der Waals surface area (Å²) in [5.74, 6) is -0.295. The summed E-state index contributed by atoms with van der Waals surface area (Å²) >= 11 is 6.15. The number of carbonyl (C=O) groups is 1. The average Bonchev–Trinajstić information content (AvgIpc) is 2.37. The van der Waals surface area contributed by atoms with Crippen molar-refractivity contribution in [1.29, 1.82) is 5.26 Å². The van der Waals surface area contributed by atoms with Crippen LogP contribution in [0, 0.1) is 11.3 Å². The summed E-state index contributed by atoms with van der Waals surface area (Å²) in [4.78, 5) is 12.2. The van der Waals surface area contributed by atoms with Crippen LogP contribution in [0.3, 0.4) is 0 Å². The maximum absolute atomic E-state index is 12.2. The molecule has 0 saturated heterocycles. The molecule has 0 N–H and O–H groups in total. The molecular weight excluding hydrogens is 346 g/mol. The largest absolute Gasteiger partial charge is 0.290 e. The number of benzene rings is 2. The first-order chi connectivity index (χ1) is 8.06. The van der Waals surface area contributed by atoms with Crippen LogP contribution in [0.4, 0.5) is 0 Å². The van der Waals surface area contributed by atoms with Gasteiger partial charge >= 0.3 is 0 Å². The number of alkyl halides is 2. The predicted molar refractivity (Wildman–Crippen MR) is 74.5 cm³/mol. The van der Waals surface area contributed by atoms with Gasteiger partial charge in [0, 0.05) is 5.56 Å². The first-order valence-corrected chi connectivity index (χ1v) is 6.46. The second-order valence-corrected chi connectivity index (χ2v) is 6.99. The third kappa shape index (κ3) is 2.26. The molecule has 0 aromatic heterocycles. The highest BCUT2D eigenvalue weighted by atomic mass is 79.9. The van der Waals surface area contributed by atoms with Crippen LogP contribution in [0.1, 0.15) is 10.4 Å². The van der Waals surface area contributed by atoms with Crippen LogP contribution in [0.5, 0.6) is 0 Å². The first kappa shape index (κ1) is 12.3. The summed E-state index contributed by atoms with van der Waals surface area (Å²) in [6, 6.07) is 14.9. The van der Waals surface area contributed by atoms with Gasteiger partial charge in [-0.2, -0.15) is 5.26 Å². The van der Waals surface area contributed by atoms with Gasteiger partial charge in [-0.15, -0.1) is 0 Å². The number of fused-ring (bicyclic) bond motifs is 1. The fraction of sp³-hybridized carbons (Fsp3) is 0.0769. The Balaban J connectivity index is 2.65. The molecular formula is C13H7Br2NO. The lowest BCUT2D eigenvalue weighted by atomic mass is 10.0. The quantitative estimate of drug-likeness (QED) is 0.604. The van der Waals surface area contributed by atoms with Gasteiger partial charge in [-0.05, 0) is 42.6 Å². The van der Waals surface area contributed by atoms with Gasteiger partial charge in [0.25, 0.3) is 0 Å². The van der Waals surface area contributed by atoms with Gasteiger partial charge in [-0.3, -0.25) is 4.79 Å². The van der Waals surface area contributed by atoms with Crippen molar-refractivity contribution in [2.24, 2.45) is 0 Å². The molecule has 0 heterocycles. The van der Waals surface area contributed by atoms with E-state index in [0.29, 0.717) is 5.56 Å². The lowest BCUT2D eigenvalue weighted by Gasteiger charge is -2.11. The number of nitrogens with zero attached hydrogens (tertiary/aromatic N) is 1. The van der Waals surface area contributed by atoms with E-state index in [1.54, 1.807) is 6.07 Å². The molecule has 2 nitrogen and oxygen atoms in total. The zero-order valence-corrected chi connectivity index (χ0v) is 11.8. The predicted octanol–water partition coefficient (Wildman–Crippen LogP) is 4.03. The molecule has 2 aromatic rings. The molecule has 17 heavy (non-hydrogen) atoms. The topological polar surface area (TPSA) is 40.9 Å². The lowest BCUT2D eigenvalue weighted by Crippen LogP contribution is -2.22. The number of ketones is 1. The van der Waals surface area contributed by atoms with Crippen molar-refractivity contribution < 1.29 is 4.79 Å². The minimum absolute atomic E-state index is 0.295. The molecule has 0 aliphatic heterocycles. The number of rotatable bonds is 2. The van der Waals surface area contributed by atoms with Gasteiger partial charge in [0.2, 0.25) is 9.02 Å². The van der Waals surface area contributed by atoms with Crippen molar-refractivity contribution in [3.63, 3.8) is 0 Å². The van der Waals surface area contributed by atoms with Gasteiger partial charge in [-0.1, -0.05) is 42.5 Å². The third-order valence-corrected chi connectivity index (χ3v) is 3.53. The molecule has 2 rings (SSSR count). The number of hydrogen-bond donors (Lipinski definition) is 0. The standard InChI is InChI=1S/C13H7Br2NO/c14-13(15,8-16)12(17)11-7-3-5-9-4-1-2-6-10(9)11/h1-7H. The Morgan fingerprint density at radius 2 is 1.76 bits per heavy atom. The maximum atomic E-state index is 12.2. The van der Waals surface area contributed by atoms with Gasteiger partial charge in [0.05, 0.1) is 0 Å². The Bertz CT molecular complexity index is 623. The van der Waals surface area contributed by atoms with E-state index in [1.165, 1.54) is 0 Å². The van der Waals surface area contributed by atoms with Crippen LogP contribution in [-0.4, -0.2) is 9.02 Å². The summed E-state index contributed by atoms with van der Waals surface area (Å²) in [7, 11) is 0. The van der Waals surface area contributed by atoms with Gasteiger partial charge in [-0.25, -0.2) is 0 Å². The molecule has 0 saturated carbocycles. The molecule has 0 spiro atoms. The van der Waals surface area contributed by atoms with E-state index >= 15 is 0 Å². The number of nitriles is 1. The van der Waals surface area contributed by atoms with Gasteiger partial charge in [0.1, 0.15) is 6.07 Å². The van der Waals surface area contributed by atoms with Gasteiger partial charge in [0.15, 0.2) is 0 Å². The molecule has 0 unspecified atom stereocenters. The van der Waals surface area contributed by atoms with Crippen LogP contribution in [0.15, 0.2) is 42.5 Å². The summed E-state index contributed by atoms with van der Waals surface area (Å²) in [5, 5.41) is 10.8. The summed E-state index contributed by atoms with van der Waals surface area (Å²) in [6.07, 6.45) is 0. The molecule has 0 bridgehead atoms. The van der Waals surface area contributed by atoms with Crippen molar-refractivity contribution in [3.8, 4) is 6.07 Å². The Morgan fingerprint density at radius 3 is 2.47 bits per heavy atom. The van der Waals surface area contributed by atoms with Crippen LogP contribution in [0.2, 0.25) is 0 Å². The number of Topliss-reactive ketones (excluding diaryl/α,β-unsaturated/α-hetero) is 1. The SMILES string of the molecule is N#CC(Br)(Br)C(=O)c1cccc2ccccc12. The first-order valence-electron chi connectivity index (χ1n) is 4.88.